The fourth-order valence-electron chi connectivity index (χ4n) is 3.49. The summed E-state index contributed by atoms with van der Waals surface area (Å²) in [6.07, 6.45) is 3.71. The molecule has 0 saturated carbocycles. The van der Waals surface area contributed by atoms with E-state index in [1.54, 1.807) is 35.4 Å². The van der Waals surface area contributed by atoms with Gasteiger partial charge in [-0.1, -0.05) is 18.2 Å². The molecular weight excluding hydrogens is 377 g/mol. The Bertz CT molecular complexity index is 1080. The van der Waals surface area contributed by atoms with Gasteiger partial charge >= 0.3 is 5.97 Å². The number of fused-ring (bicyclic) bond motifs is 1. The largest absolute Gasteiger partial charge is 0.478 e. The summed E-state index contributed by atoms with van der Waals surface area (Å²) in [5.41, 5.74) is 7.01. The van der Waals surface area contributed by atoms with E-state index in [9.17, 15) is 19.1 Å². The highest BCUT2D eigenvalue weighted by atomic mass is 19.1. The summed E-state index contributed by atoms with van der Waals surface area (Å²) < 4.78 is 13.4. The molecule has 4 N–H and O–H groups in total. The second-order valence-electron chi connectivity index (χ2n) is 6.46. The van der Waals surface area contributed by atoms with Crippen molar-refractivity contribution >= 4 is 23.4 Å². The monoisotopic (exact) mass is 393 g/mol. The summed E-state index contributed by atoms with van der Waals surface area (Å²) in [7, 11) is 0. The normalized spacial score (nSPS) is 16.0. The van der Waals surface area contributed by atoms with Crippen molar-refractivity contribution in [1.82, 2.24) is 9.97 Å². The van der Waals surface area contributed by atoms with Crippen molar-refractivity contribution in [3.05, 3.63) is 83.6 Å². The zero-order chi connectivity index (χ0) is 20.5. The molecule has 0 radical (unpaired) electrons. The number of pyridine rings is 2. The fourth-order valence-corrected chi connectivity index (χ4v) is 3.49. The summed E-state index contributed by atoms with van der Waals surface area (Å²) in [5, 5.41) is 12.8. The Balaban J connectivity index is 1.93. The average molecular weight is 393 g/mol. The lowest BCUT2D eigenvalue weighted by Crippen LogP contribution is -2.40. The molecule has 29 heavy (non-hydrogen) atoms. The van der Waals surface area contributed by atoms with Gasteiger partial charge in [-0.25, -0.2) is 14.2 Å². The summed E-state index contributed by atoms with van der Waals surface area (Å²) >= 11 is 0. The number of nitrogens with zero attached hydrogens (tertiary/aromatic N) is 3. The molecule has 0 spiro atoms. The van der Waals surface area contributed by atoms with Gasteiger partial charge in [0.25, 0.3) is 0 Å². The number of primary amides is 1. The molecule has 1 aliphatic rings. The van der Waals surface area contributed by atoms with Crippen LogP contribution in [-0.2, 0) is 4.79 Å². The van der Waals surface area contributed by atoms with Gasteiger partial charge in [0, 0.05) is 24.2 Å². The Morgan fingerprint density at radius 1 is 1.17 bits per heavy atom. The van der Waals surface area contributed by atoms with Crippen LogP contribution in [0.15, 0.2) is 61.1 Å². The molecule has 9 heteroatoms. The zero-order valence-corrected chi connectivity index (χ0v) is 15.0. The lowest BCUT2D eigenvalue weighted by molar-refractivity contribution is -0.119. The Hall–Kier alpha value is -4.01. The van der Waals surface area contributed by atoms with Gasteiger partial charge in [-0.15, -0.1) is 0 Å². The number of carboxylic acid groups (broad SMARTS) is 1. The van der Waals surface area contributed by atoms with Gasteiger partial charge in [0.15, 0.2) is 5.82 Å². The van der Waals surface area contributed by atoms with E-state index in [1.165, 1.54) is 30.6 Å². The number of hydrogen-bond acceptors (Lipinski definition) is 6. The van der Waals surface area contributed by atoms with E-state index in [2.05, 4.69) is 15.3 Å². The van der Waals surface area contributed by atoms with E-state index in [0.29, 0.717) is 11.1 Å². The minimum Gasteiger partial charge on any atom is -0.478 e. The minimum absolute atomic E-state index is 0.0396. The molecule has 0 saturated heterocycles. The molecule has 0 bridgehead atoms. The number of hydrogen-bond donors (Lipinski definition) is 3. The Labute approximate surface area is 164 Å². The third-order valence-corrected chi connectivity index (χ3v) is 4.70. The smallest absolute Gasteiger partial charge is 0.338 e. The maximum Gasteiger partial charge on any atom is 0.338 e. The van der Waals surface area contributed by atoms with Gasteiger partial charge in [0.2, 0.25) is 5.91 Å². The van der Waals surface area contributed by atoms with Crippen molar-refractivity contribution in [2.45, 2.75) is 12.2 Å². The van der Waals surface area contributed by atoms with Gasteiger partial charge in [0.1, 0.15) is 18.0 Å². The topological polar surface area (TPSA) is 121 Å². The molecule has 1 aliphatic heterocycles. The Kier molecular flexibility index (Phi) is 4.55. The highest BCUT2D eigenvalue weighted by molar-refractivity contribution is 6.01. The van der Waals surface area contributed by atoms with E-state index in [4.69, 9.17) is 5.73 Å². The molecular formula is C20H16FN5O3. The second-order valence-corrected chi connectivity index (χ2v) is 6.46. The number of rotatable bonds is 5. The average Bonchev–Trinajstić information content (AvgIpc) is 3.08. The zero-order valence-electron chi connectivity index (χ0n) is 15.0. The van der Waals surface area contributed by atoms with E-state index in [1.807, 2.05) is 0 Å². The van der Waals surface area contributed by atoms with Crippen molar-refractivity contribution in [1.29, 1.82) is 0 Å². The number of halogens is 1. The van der Waals surface area contributed by atoms with Crippen molar-refractivity contribution in [3.63, 3.8) is 0 Å². The third kappa shape index (κ3) is 3.22. The number of carbonyl (C=O) groups is 2. The van der Waals surface area contributed by atoms with Gasteiger partial charge in [-0.3, -0.25) is 9.78 Å². The molecule has 2 atom stereocenters. The number of aromatic nitrogens is 2. The Morgan fingerprint density at radius 3 is 2.55 bits per heavy atom. The molecule has 0 fully saturated rings. The number of nitrogens with one attached hydrogen (secondary N) is 1. The van der Waals surface area contributed by atoms with Crippen molar-refractivity contribution in [3.8, 4) is 0 Å². The molecule has 1 amide bonds. The number of aromatic carboxylic acids is 1. The maximum atomic E-state index is 13.4. The van der Waals surface area contributed by atoms with E-state index < -0.39 is 29.9 Å². The first-order valence-electron chi connectivity index (χ1n) is 8.69. The summed E-state index contributed by atoms with van der Waals surface area (Å²) in [5.74, 6) is -2.00. The van der Waals surface area contributed by atoms with Gasteiger partial charge in [-0.05, 0) is 29.8 Å². The van der Waals surface area contributed by atoms with Crippen LogP contribution >= 0.6 is 0 Å². The van der Waals surface area contributed by atoms with Crippen LogP contribution in [0.2, 0.25) is 0 Å². The predicted octanol–water partition coefficient (Wildman–Crippen LogP) is 2.47. The van der Waals surface area contributed by atoms with Crippen LogP contribution in [0.4, 0.5) is 15.9 Å². The maximum absolute atomic E-state index is 13.4. The highest BCUT2D eigenvalue weighted by Crippen LogP contribution is 2.46. The Morgan fingerprint density at radius 2 is 1.93 bits per heavy atom. The van der Waals surface area contributed by atoms with E-state index in [-0.39, 0.29) is 17.1 Å². The lowest BCUT2D eigenvalue weighted by atomic mass is 10.0. The third-order valence-electron chi connectivity index (χ3n) is 4.70. The number of benzene rings is 1. The lowest BCUT2D eigenvalue weighted by Gasteiger charge is -2.33. The van der Waals surface area contributed by atoms with Crippen LogP contribution in [0.5, 0.6) is 0 Å². The van der Waals surface area contributed by atoms with Crippen LogP contribution in [0.3, 0.4) is 0 Å². The minimum atomic E-state index is -1.18. The van der Waals surface area contributed by atoms with Gasteiger partial charge < -0.3 is 21.1 Å². The number of nitrogens with two attached hydrogens (primary N) is 1. The molecule has 8 nitrogen and oxygen atoms in total. The summed E-state index contributed by atoms with van der Waals surface area (Å²) in [6, 6.07) is 9.32. The molecule has 3 heterocycles. The van der Waals surface area contributed by atoms with Crippen LogP contribution in [0, 0.1) is 5.82 Å². The van der Waals surface area contributed by atoms with Crippen LogP contribution in [0.25, 0.3) is 0 Å². The molecule has 0 aliphatic carbocycles. The van der Waals surface area contributed by atoms with Crippen molar-refractivity contribution < 1.29 is 19.1 Å². The molecule has 4 rings (SSSR count). The fraction of sp³-hybridized carbons (Fsp3) is 0.100. The summed E-state index contributed by atoms with van der Waals surface area (Å²) in [4.78, 5) is 34.2. The van der Waals surface area contributed by atoms with Crippen molar-refractivity contribution in [2.75, 3.05) is 10.2 Å². The number of amides is 1. The molecule has 146 valence electrons. The number of carbonyl (C=O) groups excluding carboxylic acids is 1. The molecule has 1 aromatic carbocycles. The quantitative estimate of drug-likeness (QED) is 0.609. The second kappa shape index (κ2) is 7.19. The van der Waals surface area contributed by atoms with Crippen LogP contribution < -0.4 is 16.0 Å². The highest BCUT2D eigenvalue weighted by Gasteiger charge is 2.41. The number of anilines is 2. The first kappa shape index (κ1) is 18.4. The number of carboxylic acids is 1. The molecule has 3 aromatic rings. The van der Waals surface area contributed by atoms with Gasteiger partial charge in [-0.2, -0.15) is 0 Å². The first-order chi connectivity index (χ1) is 14.0. The van der Waals surface area contributed by atoms with Crippen molar-refractivity contribution in [2.24, 2.45) is 5.73 Å². The van der Waals surface area contributed by atoms with E-state index >= 15 is 0 Å². The van der Waals surface area contributed by atoms with Gasteiger partial charge in [0.05, 0.1) is 11.3 Å². The standard InChI is InChI=1S/C20H16FN5O3/c21-13-5-3-11(4-6-13)19-25-18-16(14(20(28)29)7-9-24-18)26(19)15(17(22)27)12-2-1-8-23-10-12/h1-10,15,19H,(H2,22,27)(H,24,25)(H,28,29). The molecule has 2 unspecified atom stereocenters. The first-order valence-corrected chi connectivity index (χ1v) is 8.69. The van der Waals surface area contributed by atoms with Crippen LogP contribution in [0.1, 0.15) is 33.7 Å². The summed E-state index contributed by atoms with van der Waals surface area (Å²) in [6.45, 7) is 0. The van der Waals surface area contributed by atoms with E-state index in [0.717, 1.165) is 0 Å². The SMILES string of the molecule is NC(=O)C(c1cccnc1)N1c2c(C(=O)O)ccnc2NC1c1ccc(F)cc1. The predicted molar refractivity (Wildman–Crippen MR) is 103 cm³/mol. The molecule has 2 aromatic heterocycles. The van der Waals surface area contributed by atoms with Crippen LogP contribution in [-0.4, -0.2) is 27.0 Å².